The average molecular weight is 445 g/mol. The van der Waals surface area contributed by atoms with Crippen LogP contribution in [0.5, 0.6) is 0 Å². The number of carbonyl (C=O) groups is 1. The molecule has 0 spiro atoms. The van der Waals surface area contributed by atoms with Crippen LogP contribution >= 0.6 is 41.2 Å². The molecule has 1 amide bonds. The van der Waals surface area contributed by atoms with Crippen LogP contribution in [0.4, 0.5) is 0 Å². The zero-order valence-electron chi connectivity index (χ0n) is 12.7. The second-order valence-electron chi connectivity index (χ2n) is 5.07. The molecule has 0 bridgehead atoms. The van der Waals surface area contributed by atoms with Crippen LogP contribution in [0, 0.1) is 0 Å². The van der Waals surface area contributed by atoms with E-state index < -0.39 is 18.5 Å². The van der Waals surface area contributed by atoms with E-state index in [1.165, 1.54) is 6.07 Å². The summed E-state index contributed by atoms with van der Waals surface area (Å²) in [5.74, 6) is -0.114. The first kappa shape index (κ1) is 18.9. The highest BCUT2D eigenvalue weighted by atomic mass is 36.0. The lowest BCUT2D eigenvalue weighted by molar-refractivity contribution is -0.142. The van der Waals surface area contributed by atoms with E-state index in [0.717, 1.165) is 11.3 Å². The van der Waals surface area contributed by atoms with Crippen molar-refractivity contribution in [1.82, 2.24) is 10.3 Å². The van der Waals surface area contributed by atoms with Gasteiger partial charge in [-0.1, -0.05) is 6.07 Å². The highest BCUT2D eigenvalue weighted by molar-refractivity contribution is 8.83. The number of rotatable bonds is 5. The second kappa shape index (κ2) is 7.41. The fraction of sp³-hybridized carbons (Fsp3) is 0.417. The number of thiophene rings is 1. The molecule has 0 atom stereocenters. The molecular weight excluding hydrogens is 431 g/mol. The van der Waals surface area contributed by atoms with E-state index in [-0.39, 0.29) is 21.9 Å². The number of hydrogen-bond donors (Lipinski definition) is 1. The number of amidine groups is 1. The Morgan fingerprint density at radius 2 is 2.28 bits per heavy atom. The van der Waals surface area contributed by atoms with Gasteiger partial charge in [-0.15, -0.1) is 15.7 Å². The van der Waals surface area contributed by atoms with Gasteiger partial charge in [0.2, 0.25) is 11.1 Å². The number of hydrogen-bond acceptors (Lipinski definition) is 6. The predicted octanol–water partition coefficient (Wildman–Crippen LogP) is 2.07. The molecule has 138 valence electrons. The first-order chi connectivity index (χ1) is 11.8. The van der Waals surface area contributed by atoms with Gasteiger partial charge in [0.15, 0.2) is 0 Å². The molecule has 0 aromatic carbocycles. The quantitative estimate of drug-likeness (QED) is 0.748. The summed E-state index contributed by atoms with van der Waals surface area (Å²) in [6.07, 6.45) is 0.319. The van der Waals surface area contributed by atoms with Crippen molar-refractivity contribution in [2.75, 3.05) is 26.3 Å². The number of nitrogens with one attached hydrogen (secondary N) is 1. The summed E-state index contributed by atoms with van der Waals surface area (Å²) in [6, 6.07) is 3.06. The molecule has 13 heteroatoms. The van der Waals surface area contributed by atoms with Gasteiger partial charge in [-0.2, -0.15) is 13.5 Å². The SMILES string of the molecule is O=C1COCCN1CCC1=NN/C(=N\S(=O)(=O)c2cccs2)S1(Cl)Cl. The van der Waals surface area contributed by atoms with Crippen molar-refractivity contribution in [2.45, 2.75) is 10.6 Å². The maximum atomic E-state index is 12.3. The van der Waals surface area contributed by atoms with Crippen LogP contribution in [0.2, 0.25) is 0 Å². The fourth-order valence-corrected chi connectivity index (χ4v) is 6.93. The summed E-state index contributed by atoms with van der Waals surface area (Å²) in [5, 5.41) is 5.95. The van der Waals surface area contributed by atoms with Gasteiger partial charge in [-0.3, -0.25) is 10.2 Å². The van der Waals surface area contributed by atoms with Gasteiger partial charge in [0.25, 0.3) is 10.0 Å². The van der Waals surface area contributed by atoms with Crippen molar-refractivity contribution in [3.8, 4) is 0 Å². The average Bonchev–Trinajstić information content (AvgIpc) is 3.17. The molecular formula is C12H14Cl2N4O4S3. The normalized spacial score (nSPS) is 23.4. The molecule has 2 aliphatic rings. The molecule has 0 aliphatic carbocycles. The number of carbonyl (C=O) groups excluding carboxylic acids is 1. The standard InChI is InChI=1S/C12H14Cl2N4O4S3/c13-24(14)9(3-4-18-5-6-22-8-10(18)19)15-16-12(24)17-25(20,21)11-2-1-7-23-11/h1-2,7H,3-6,8H2,(H,16,17). The maximum Gasteiger partial charge on any atom is 0.294 e. The second-order valence-corrected chi connectivity index (χ2v) is 12.9. The van der Waals surface area contributed by atoms with Crippen molar-refractivity contribution in [3.05, 3.63) is 17.5 Å². The zero-order chi connectivity index (χ0) is 18.1. The van der Waals surface area contributed by atoms with Crippen molar-refractivity contribution in [2.24, 2.45) is 9.50 Å². The minimum atomic E-state index is -3.90. The number of sulfonamides is 1. The van der Waals surface area contributed by atoms with Crippen LogP contribution in [-0.2, 0) is 19.6 Å². The van der Waals surface area contributed by atoms with E-state index in [1.54, 1.807) is 16.3 Å². The van der Waals surface area contributed by atoms with Gasteiger partial charge in [0.1, 0.15) is 15.9 Å². The Morgan fingerprint density at radius 3 is 2.96 bits per heavy atom. The molecule has 3 rings (SSSR count). The molecule has 1 aromatic rings. The van der Waals surface area contributed by atoms with Gasteiger partial charge in [-0.05, 0) is 32.8 Å². The Kier molecular flexibility index (Phi) is 5.61. The van der Waals surface area contributed by atoms with Crippen molar-refractivity contribution in [3.63, 3.8) is 0 Å². The van der Waals surface area contributed by atoms with Crippen LogP contribution in [0.25, 0.3) is 0 Å². The number of ether oxygens (including phenoxy) is 1. The first-order valence-electron chi connectivity index (χ1n) is 7.10. The van der Waals surface area contributed by atoms with Crippen LogP contribution < -0.4 is 5.43 Å². The third kappa shape index (κ3) is 4.12. The topological polar surface area (TPSA) is 100 Å². The lowest BCUT2D eigenvalue weighted by Gasteiger charge is -2.28. The van der Waals surface area contributed by atoms with Crippen molar-refractivity contribution < 1.29 is 17.9 Å². The summed E-state index contributed by atoms with van der Waals surface area (Å²) in [6.45, 7) is 1.39. The van der Waals surface area contributed by atoms with E-state index in [2.05, 4.69) is 14.9 Å². The smallest absolute Gasteiger partial charge is 0.294 e. The molecule has 8 nitrogen and oxygen atoms in total. The summed E-state index contributed by atoms with van der Waals surface area (Å²) in [7, 11) is 6.14. The van der Waals surface area contributed by atoms with Crippen LogP contribution in [0.1, 0.15) is 6.42 Å². The molecule has 1 aromatic heterocycles. The number of hydrazone groups is 1. The molecule has 3 heterocycles. The minimum Gasteiger partial charge on any atom is -0.370 e. The highest BCUT2D eigenvalue weighted by Crippen LogP contribution is 2.63. The van der Waals surface area contributed by atoms with Gasteiger partial charge >= 0.3 is 0 Å². The van der Waals surface area contributed by atoms with Crippen LogP contribution in [0.15, 0.2) is 31.2 Å². The van der Waals surface area contributed by atoms with Gasteiger partial charge < -0.3 is 9.64 Å². The van der Waals surface area contributed by atoms with E-state index in [1.807, 2.05) is 0 Å². The lowest BCUT2D eigenvalue weighted by atomic mass is 10.3. The Hall–Kier alpha value is -0.850. The van der Waals surface area contributed by atoms with Crippen LogP contribution in [-0.4, -0.2) is 55.7 Å². The highest BCUT2D eigenvalue weighted by Gasteiger charge is 2.39. The summed E-state index contributed by atoms with van der Waals surface area (Å²) in [4.78, 5) is 13.4. The van der Waals surface area contributed by atoms with Crippen LogP contribution in [0.3, 0.4) is 0 Å². The molecule has 1 fully saturated rings. The summed E-state index contributed by atoms with van der Waals surface area (Å²) in [5.41, 5.74) is 2.52. The van der Waals surface area contributed by atoms with E-state index >= 15 is 0 Å². The lowest BCUT2D eigenvalue weighted by Crippen LogP contribution is -2.42. The largest absolute Gasteiger partial charge is 0.370 e. The number of morpholine rings is 1. The predicted molar refractivity (Wildman–Crippen MR) is 101 cm³/mol. The molecule has 1 N–H and O–H groups in total. The molecule has 0 saturated carbocycles. The monoisotopic (exact) mass is 444 g/mol. The molecule has 1 saturated heterocycles. The van der Waals surface area contributed by atoms with E-state index in [4.69, 9.17) is 26.1 Å². The Bertz CT molecular complexity index is 823. The van der Waals surface area contributed by atoms with E-state index in [0.29, 0.717) is 31.2 Å². The Morgan fingerprint density at radius 1 is 1.48 bits per heavy atom. The molecule has 2 aliphatic heterocycles. The number of halogens is 2. The number of amides is 1. The third-order valence-corrected chi connectivity index (χ3v) is 9.71. The first-order valence-corrected chi connectivity index (χ1v) is 12.7. The van der Waals surface area contributed by atoms with Gasteiger partial charge in [-0.25, -0.2) is 0 Å². The Balaban J connectivity index is 1.70. The molecule has 0 unspecified atom stereocenters. The third-order valence-electron chi connectivity index (χ3n) is 3.45. The summed E-state index contributed by atoms with van der Waals surface area (Å²) < 4.78 is 33.4. The molecule has 0 radical (unpaired) electrons. The van der Waals surface area contributed by atoms with E-state index in [9.17, 15) is 13.2 Å². The maximum absolute atomic E-state index is 12.3. The number of nitrogens with zero attached hydrogens (tertiary/aromatic N) is 3. The van der Waals surface area contributed by atoms with Gasteiger partial charge in [0.05, 0.1) is 6.61 Å². The summed E-state index contributed by atoms with van der Waals surface area (Å²) >= 11 is 1.05. The van der Waals surface area contributed by atoms with Crippen molar-refractivity contribution in [1.29, 1.82) is 0 Å². The fourth-order valence-electron chi connectivity index (χ4n) is 2.17. The Labute approximate surface area is 159 Å². The molecule has 25 heavy (non-hydrogen) atoms. The minimum absolute atomic E-state index is 0.0518. The van der Waals surface area contributed by atoms with Crippen molar-refractivity contribution >= 4 is 67.3 Å². The zero-order valence-corrected chi connectivity index (χ0v) is 16.7. The van der Waals surface area contributed by atoms with Gasteiger partial charge in [0, 0.05) is 28.0 Å².